The molecule has 0 unspecified atom stereocenters. The molecule has 0 bridgehead atoms. The largest absolute Gasteiger partial charge is 0.310 e. The van der Waals surface area contributed by atoms with Gasteiger partial charge in [-0.3, -0.25) is 0 Å². The third-order valence-electron chi connectivity index (χ3n) is 8.65. The van der Waals surface area contributed by atoms with Crippen molar-refractivity contribution < 1.29 is 0 Å². The van der Waals surface area contributed by atoms with Gasteiger partial charge in [0.2, 0.25) is 0 Å². The summed E-state index contributed by atoms with van der Waals surface area (Å²) in [6.45, 7) is 0. The maximum absolute atomic E-state index is 2.40. The summed E-state index contributed by atoms with van der Waals surface area (Å²) in [5.74, 6) is 0. The number of hydrogen-bond donors (Lipinski definition) is 0. The van der Waals surface area contributed by atoms with Crippen molar-refractivity contribution in [2.24, 2.45) is 0 Å². The summed E-state index contributed by atoms with van der Waals surface area (Å²) in [6.07, 6.45) is 0. The molecule has 0 aliphatic heterocycles. The molecule has 0 amide bonds. The number of rotatable bonds is 6. The van der Waals surface area contributed by atoms with Crippen LogP contribution in [0.25, 0.3) is 54.9 Å². The molecule has 8 aromatic rings. The molecule has 0 saturated heterocycles. The molecule has 212 valence electrons. The van der Waals surface area contributed by atoms with Crippen molar-refractivity contribution in [3.05, 3.63) is 188 Å². The van der Waals surface area contributed by atoms with E-state index in [1.807, 2.05) is 0 Å². The zero-order valence-electron chi connectivity index (χ0n) is 24.8. The van der Waals surface area contributed by atoms with Crippen LogP contribution in [0.4, 0.5) is 17.1 Å². The zero-order chi connectivity index (χ0) is 30.0. The van der Waals surface area contributed by atoms with Crippen LogP contribution in [0.3, 0.4) is 0 Å². The summed E-state index contributed by atoms with van der Waals surface area (Å²) in [7, 11) is 0. The fourth-order valence-corrected chi connectivity index (χ4v) is 6.39. The Kier molecular flexibility index (Phi) is 6.90. The lowest BCUT2D eigenvalue weighted by atomic mass is 9.97. The van der Waals surface area contributed by atoms with Crippen molar-refractivity contribution in [2.75, 3.05) is 4.90 Å². The number of fused-ring (bicyclic) bond motifs is 3. The second-order valence-corrected chi connectivity index (χ2v) is 11.4. The quantitative estimate of drug-likeness (QED) is 0.179. The van der Waals surface area contributed by atoms with Crippen molar-refractivity contribution in [1.29, 1.82) is 0 Å². The number of nitrogens with zero attached hydrogens (tertiary/aromatic N) is 1. The Morgan fingerprint density at radius 3 is 1.29 bits per heavy atom. The van der Waals surface area contributed by atoms with E-state index < -0.39 is 0 Å². The van der Waals surface area contributed by atoms with E-state index >= 15 is 0 Å². The van der Waals surface area contributed by atoms with Gasteiger partial charge >= 0.3 is 0 Å². The van der Waals surface area contributed by atoms with Gasteiger partial charge in [0, 0.05) is 16.8 Å². The van der Waals surface area contributed by atoms with Crippen LogP contribution in [0, 0.1) is 0 Å². The molecule has 45 heavy (non-hydrogen) atoms. The standard InChI is InChI=1S/C44H31N/c1-3-12-32(13-4-1)34-22-26-39(27-23-34)45(44-31-38-16-7-8-19-41(38)42-20-9-10-21-43(42)44)40-28-24-35(25-29-40)37-18-11-17-36(30-37)33-14-5-2-6-15-33/h1-31H. The summed E-state index contributed by atoms with van der Waals surface area (Å²) in [5.41, 5.74) is 10.7. The van der Waals surface area contributed by atoms with E-state index in [0.717, 1.165) is 17.1 Å². The molecule has 0 saturated carbocycles. The van der Waals surface area contributed by atoms with Crippen LogP contribution >= 0.6 is 0 Å². The summed E-state index contributed by atoms with van der Waals surface area (Å²) in [4.78, 5) is 2.40. The summed E-state index contributed by atoms with van der Waals surface area (Å²) in [5, 5.41) is 4.98. The van der Waals surface area contributed by atoms with E-state index in [1.54, 1.807) is 0 Å². The minimum Gasteiger partial charge on any atom is -0.310 e. The molecule has 0 heterocycles. The Bertz CT molecular complexity index is 2230. The van der Waals surface area contributed by atoms with E-state index in [1.165, 1.54) is 54.9 Å². The van der Waals surface area contributed by atoms with Gasteiger partial charge in [0.15, 0.2) is 0 Å². The molecule has 0 aliphatic carbocycles. The molecule has 8 rings (SSSR count). The Balaban J connectivity index is 1.26. The van der Waals surface area contributed by atoms with E-state index in [0.29, 0.717) is 0 Å². The Morgan fingerprint density at radius 1 is 0.267 bits per heavy atom. The van der Waals surface area contributed by atoms with Crippen molar-refractivity contribution in [2.45, 2.75) is 0 Å². The monoisotopic (exact) mass is 573 g/mol. The lowest BCUT2D eigenvalue weighted by Gasteiger charge is -2.28. The van der Waals surface area contributed by atoms with Crippen LogP contribution in [0.1, 0.15) is 0 Å². The molecule has 1 heteroatoms. The van der Waals surface area contributed by atoms with E-state index in [2.05, 4.69) is 193 Å². The van der Waals surface area contributed by atoms with Gasteiger partial charge in [0.1, 0.15) is 0 Å². The molecule has 0 aliphatic rings. The fourth-order valence-electron chi connectivity index (χ4n) is 6.39. The van der Waals surface area contributed by atoms with Gasteiger partial charge in [-0.25, -0.2) is 0 Å². The molecule has 0 radical (unpaired) electrons. The minimum atomic E-state index is 1.12. The highest BCUT2D eigenvalue weighted by Crippen LogP contribution is 2.42. The Morgan fingerprint density at radius 2 is 0.689 bits per heavy atom. The van der Waals surface area contributed by atoms with Gasteiger partial charge in [0.05, 0.1) is 5.69 Å². The first kappa shape index (κ1) is 26.7. The lowest BCUT2D eigenvalue weighted by molar-refractivity contribution is 1.30. The summed E-state index contributed by atoms with van der Waals surface area (Å²) in [6, 6.07) is 67.6. The number of anilines is 3. The van der Waals surface area contributed by atoms with Crippen molar-refractivity contribution in [3.63, 3.8) is 0 Å². The van der Waals surface area contributed by atoms with Crippen molar-refractivity contribution in [3.8, 4) is 33.4 Å². The predicted octanol–water partition coefficient (Wildman–Crippen LogP) is 12.5. The van der Waals surface area contributed by atoms with Gasteiger partial charge in [-0.05, 0) is 85.9 Å². The van der Waals surface area contributed by atoms with Gasteiger partial charge < -0.3 is 4.90 Å². The smallest absolute Gasteiger partial charge is 0.0546 e. The molecule has 0 fully saturated rings. The highest BCUT2D eigenvalue weighted by Gasteiger charge is 2.17. The topological polar surface area (TPSA) is 3.24 Å². The van der Waals surface area contributed by atoms with Gasteiger partial charge in [0.25, 0.3) is 0 Å². The first-order valence-corrected chi connectivity index (χ1v) is 15.4. The highest BCUT2D eigenvalue weighted by atomic mass is 15.1. The van der Waals surface area contributed by atoms with E-state index in [9.17, 15) is 0 Å². The van der Waals surface area contributed by atoms with Crippen LogP contribution in [-0.2, 0) is 0 Å². The third-order valence-corrected chi connectivity index (χ3v) is 8.65. The normalized spacial score (nSPS) is 11.1. The molecule has 0 aromatic heterocycles. The maximum Gasteiger partial charge on any atom is 0.0546 e. The molecule has 1 nitrogen and oxygen atoms in total. The maximum atomic E-state index is 2.40. The fraction of sp³-hybridized carbons (Fsp3) is 0. The Labute approximate surface area is 264 Å². The Hall–Kier alpha value is -5.92. The van der Waals surface area contributed by atoms with Crippen LogP contribution in [0.2, 0.25) is 0 Å². The second kappa shape index (κ2) is 11.6. The van der Waals surface area contributed by atoms with E-state index in [4.69, 9.17) is 0 Å². The molecule has 8 aromatic carbocycles. The van der Waals surface area contributed by atoms with Gasteiger partial charge in [-0.2, -0.15) is 0 Å². The van der Waals surface area contributed by atoms with Gasteiger partial charge in [-0.1, -0.05) is 152 Å². The first-order valence-electron chi connectivity index (χ1n) is 15.4. The molecule has 0 spiro atoms. The van der Waals surface area contributed by atoms with E-state index in [-0.39, 0.29) is 0 Å². The second-order valence-electron chi connectivity index (χ2n) is 11.4. The lowest BCUT2D eigenvalue weighted by Crippen LogP contribution is -2.10. The SMILES string of the molecule is c1ccc(-c2ccc(N(c3ccc(-c4cccc(-c5ccccc5)c4)cc3)c3cc4ccccc4c4ccccc34)cc2)cc1. The molecule has 0 N–H and O–H groups in total. The first-order chi connectivity index (χ1) is 22.3. The number of benzene rings is 8. The van der Waals surface area contributed by atoms with Crippen molar-refractivity contribution in [1.82, 2.24) is 0 Å². The average molecular weight is 574 g/mol. The third kappa shape index (κ3) is 5.15. The summed E-state index contributed by atoms with van der Waals surface area (Å²) >= 11 is 0. The highest BCUT2D eigenvalue weighted by molar-refractivity contribution is 6.14. The summed E-state index contributed by atoms with van der Waals surface area (Å²) < 4.78 is 0. The van der Waals surface area contributed by atoms with Gasteiger partial charge in [-0.15, -0.1) is 0 Å². The van der Waals surface area contributed by atoms with Crippen LogP contribution < -0.4 is 4.90 Å². The van der Waals surface area contributed by atoms with Crippen LogP contribution in [-0.4, -0.2) is 0 Å². The van der Waals surface area contributed by atoms with Crippen LogP contribution in [0.5, 0.6) is 0 Å². The zero-order valence-corrected chi connectivity index (χ0v) is 24.8. The predicted molar refractivity (Wildman–Crippen MR) is 192 cm³/mol. The van der Waals surface area contributed by atoms with Crippen LogP contribution in [0.15, 0.2) is 188 Å². The molecular weight excluding hydrogens is 542 g/mol. The molecular formula is C44H31N. The molecule has 0 atom stereocenters. The minimum absolute atomic E-state index is 1.12. The average Bonchev–Trinajstić information content (AvgIpc) is 3.13. The van der Waals surface area contributed by atoms with Crippen molar-refractivity contribution >= 4 is 38.6 Å². The number of hydrogen-bond acceptors (Lipinski definition) is 1.